The Morgan fingerprint density at radius 3 is 2.75 bits per heavy atom. The Morgan fingerprint density at radius 1 is 1.36 bits per heavy atom. The summed E-state index contributed by atoms with van der Waals surface area (Å²) in [6.07, 6.45) is 8.31. The summed E-state index contributed by atoms with van der Waals surface area (Å²) in [7, 11) is 2.17. The summed E-state index contributed by atoms with van der Waals surface area (Å²) in [6, 6.07) is 4.02. The average molecular weight is 388 g/mol. The molecular weight excluding hydrogens is 354 g/mol. The quantitative estimate of drug-likeness (QED) is 0.752. The zero-order valence-electron chi connectivity index (χ0n) is 17.1. The summed E-state index contributed by atoms with van der Waals surface area (Å²) in [5.74, 6) is 1.34. The van der Waals surface area contributed by atoms with Crippen molar-refractivity contribution in [2.45, 2.75) is 45.1 Å². The second-order valence-electron chi connectivity index (χ2n) is 8.24. The number of pyridine rings is 1. The number of rotatable bonds is 7. The van der Waals surface area contributed by atoms with E-state index in [9.17, 15) is 9.90 Å². The molecule has 0 saturated carbocycles. The van der Waals surface area contributed by atoms with Gasteiger partial charge in [-0.15, -0.1) is 0 Å². The van der Waals surface area contributed by atoms with E-state index in [0.29, 0.717) is 18.3 Å². The lowest BCUT2D eigenvalue weighted by Crippen LogP contribution is -2.35. The van der Waals surface area contributed by atoms with Crippen molar-refractivity contribution in [1.82, 2.24) is 15.2 Å². The van der Waals surface area contributed by atoms with E-state index in [-0.39, 0.29) is 11.8 Å². The molecule has 2 heterocycles. The molecule has 1 amide bonds. The van der Waals surface area contributed by atoms with E-state index in [1.807, 2.05) is 12.3 Å². The zero-order chi connectivity index (χ0) is 19.9. The maximum Gasteiger partial charge on any atom is 0.223 e. The molecule has 1 aromatic heterocycles. The fraction of sp³-hybridized carbons (Fsp3) is 0.636. The molecule has 0 aromatic carbocycles. The fourth-order valence-electron chi connectivity index (χ4n) is 3.81. The smallest absolute Gasteiger partial charge is 0.223 e. The van der Waals surface area contributed by atoms with Crippen LogP contribution in [0.2, 0.25) is 0 Å². The van der Waals surface area contributed by atoms with Gasteiger partial charge in [-0.25, -0.2) is 4.98 Å². The zero-order valence-corrected chi connectivity index (χ0v) is 17.1. The Morgan fingerprint density at radius 2 is 2.14 bits per heavy atom. The minimum Gasteiger partial charge on any atom is -0.477 e. The number of aliphatic hydroxyl groups is 1. The summed E-state index contributed by atoms with van der Waals surface area (Å²) >= 11 is 0. The summed E-state index contributed by atoms with van der Waals surface area (Å²) in [5.41, 5.74) is 2.35. The van der Waals surface area contributed by atoms with Crippen molar-refractivity contribution in [2.75, 3.05) is 33.3 Å². The van der Waals surface area contributed by atoms with Crippen LogP contribution in [0.4, 0.5) is 0 Å². The number of amides is 1. The highest BCUT2D eigenvalue weighted by molar-refractivity contribution is 5.80. The van der Waals surface area contributed by atoms with Gasteiger partial charge in [-0.1, -0.05) is 6.08 Å². The van der Waals surface area contributed by atoms with E-state index >= 15 is 0 Å². The van der Waals surface area contributed by atoms with Gasteiger partial charge < -0.3 is 20.1 Å². The maximum absolute atomic E-state index is 12.1. The van der Waals surface area contributed by atoms with Crippen LogP contribution in [-0.4, -0.2) is 60.3 Å². The summed E-state index contributed by atoms with van der Waals surface area (Å²) < 4.78 is 5.90. The number of likely N-dealkylation sites (tertiary alicyclic amines) is 1. The molecule has 1 saturated heterocycles. The van der Waals surface area contributed by atoms with Gasteiger partial charge >= 0.3 is 0 Å². The molecule has 3 rings (SSSR count). The number of nitrogens with one attached hydrogen (secondary N) is 1. The number of carbonyl (C=O) groups is 1. The van der Waals surface area contributed by atoms with Gasteiger partial charge in [0.1, 0.15) is 0 Å². The second kappa shape index (κ2) is 10.0. The number of ether oxygens (including phenoxy) is 1. The first-order valence-corrected chi connectivity index (χ1v) is 10.4. The maximum atomic E-state index is 12.1. The summed E-state index contributed by atoms with van der Waals surface area (Å²) in [4.78, 5) is 19.0. The highest BCUT2D eigenvalue weighted by Crippen LogP contribution is 2.30. The van der Waals surface area contributed by atoms with Crippen LogP contribution in [0.3, 0.4) is 0 Å². The Bertz CT molecular complexity index is 664. The van der Waals surface area contributed by atoms with Crippen molar-refractivity contribution in [1.29, 1.82) is 0 Å². The van der Waals surface area contributed by atoms with Crippen LogP contribution in [0.5, 0.6) is 5.88 Å². The lowest BCUT2D eigenvalue weighted by atomic mass is 9.86. The third-order valence-electron chi connectivity index (χ3n) is 5.77. The number of allylic oxidation sites excluding steroid dienone is 2. The number of hydrogen-bond acceptors (Lipinski definition) is 5. The lowest BCUT2D eigenvalue weighted by Gasteiger charge is -2.28. The molecule has 0 spiro atoms. The van der Waals surface area contributed by atoms with Gasteiger partial charge in [-0.05, 0) is 82.3 Å². The molecule has 2 unspecified atom stereocenters. The monoisotopic (exact) mass is 387 g/mol. The van der Waals surface area contributed by atoms with Crippen molar-refractivity contribution in [3.8, 4) is 5.88 Å². The van der Waals surface area contributed by atoms with Gasteiger partial charge in [-0.2, -0.15) is 0 Å². The minimum absolute atomic E-state index is 0.00685. The van der Waals surface area contributed by atoms with Crippen molar-refractivity contribution in [3.05, 3.63) is 30.0 Å². The molecule has 154 valence electrons. The third-order valence-corrected chi connectivity index (χ3v) is 5.77. The molecule has 1 aromatic rings. The number of nitrogens with zero attached hydrogens (tertiary/aromatic N) is 2. The van der Waals surface area contributed by atoms with Gasteiger partial charge in [0.05, 0.1) is 12.7 Å². The number of carbonyl (C=O) groups excluding carboxylic acids is 1. The van der Waals surface area contributed by atoms with Crippen molar-refractivity contribution < 1.29 is 14.6 Å². The number of aliphatic hydroxyl groups excluding tert-OH is 1. The van der Waals surface area contributed by atoms with Crippen LogP contribution in [0.1, 0.15) is 44.6 Å². The highest BCUT2D eigenvalue weighted by Gasteiger charge is 2.22. The van der Waals surface area contributed by atoms with E-state index in [2.05, 4.69) is 34.4 Å². The largest absolute Gasteiger partial charge is 0.477 e. The van der Waals surface area contributed by atoms with E-state index < -0.39 is 6.10 Å². The topological polar surface area (TPSA) is 74.7 Å². The van der Waals surface area contributed by atoms with Crippen LogP contribution >= 0.6 is 0 Å². The molecule has 1 fully saturated rings. The molecule has 2 N–H and O–H groups in total. The van der Waals surface area contributed by atoms with Gasteiger partial charge in [0.15, 0.2) is 0 Å². The molecule has 1 aliphatic carbocycles. The molecule has 0 bridgehead atoms. The van der Waals surface area contributed by atoms with Gasteiger partial charge in [-0.3, -0.25) is 4.79 Å². The lowest BCUT2D eigenvalue weighted by molar-refractivity contribution is -0.125. The van der Waals surface area contributed by atoms with Crippen LogP contribution < -0.4 is 10.1 Å². The average Bonchev–Trinajstić information content (AvgIpc) is 2.72. The van der Waals surface area contributed by atoms with Crippen LogP contribution in [0.15, 0.2) is 24.4 Å². The van der Waals surface area contributed by atoms with Gasteiger partial charge in [0.2, 0.25) is 11.8 Å². The first-order chi connectivity index (χ1) is 13.5. The Hall–Kier alpha value is -1.92. The minimum atomic E-state index is -0.509. The molecule has 2 atom stereocenters. The Labute approximate surface area is 168 Å². The second-order valence-corrected chi connectivity index (χ2v) is 8.24. The van der Waals surface area contributed by atoms with Crippen molar-refractivity contribution in [2.24, 2.45) is 11.8 Å². The number of hydrogen-bond donors (Lipinski definition) is 2. The van der Waals surface area contributed by atoms with E-state index in [4.69, 9.17) is 4.74 Å². The first kappa shape index (κ1) is 20.8. The molecule has 0 radical (unpaired) electrons. The SMILES string of the molecule is CC(O)CNC(=O)C1CC=C(c2ccc(OCC3CCN(C)CC3)nc2)CC1. The first-order valence-electron chi connectivity index (χ1n) is 10.4. The predicted molar refractivity (Wildman–Crippen MR) is 110 cm³/mol. The van der Waals surface area contributed by atoms with Crippen molar-refractivity contribution >= 4 is 11.5 Å². The fourth-order valence-corrected chi connectivity index (χ4v) is 3.81. The van der Waals surface area contributed by atoms with Crippen LogP contribution in [0, 0.1) is 11.8 Å². The third kappa shape index (κ3) is 6.04. The van der Waals surface area contributed by atoms with Gasteiger partial charge in [0, 0.05) is 24.7 Å². The Balaban J connectivity index is 1.46. The molecular formula is C22H33N3O3. The normalized spacial score (nSPS) is 22.4. The van der Waals surface area contributed by atoms with Crippen LogP contribution in [-0.2, 0) is 4.79 Å². The molecule has 2 aliphatic rings. The highest BCUT2D eigenvalue weighted by atomic mass is 16.5. The van der Waals surface area contributed by atoms with E-state index in [0.717, 1.165) is 44.5 Å². The van der Waals surface area contributed by atoms with Gasteiger partial charge in [0.25, 0.3) is 0 Å². The summed E-state index contributed by atoms with van der Waals surface area (Å²) in [5, 5.41) is 12.1. The summed E-state index contributed by atoms with van der Waals surface area (Å²) in [6.45, 7) is 5.02. The van der Waals surface area contributed by atoms with E-state index in [1.54, 1.807) is 6.92 Å². The predicted octanol–water partition coefficient (Wildman–Crippen LogP) is 2.48. The molecule has 28 heavy (non-hydrogen) atoms. The molecule has 1 aliphatic heterocycles. The molecule has 6 nitrogen and oxygen atoms in total. The number of aromatic nitrogens is 1. The number of piperidine rings is 1. The van der Waals surface area contributed by atoms with Crippen LogP contribution in [0.25, 0.3) is 5.57 Å². The van der Waals surface area contributed by atoms with Crippen molar-refractivity contribution in [3.63, 3.8) is 0 Å². The van der Waals surface area contributed by atoms with E-state index in [1.165, 1.54) is 18.4 Å². The standard InChI is InChI=1S/C22H33N3O3/c1-16(26)13-24-22(27)19-5-3-18(4-6-19)20-7-8-21(23-14-20)28-15-17-9-11-25(2)12-10-17/h3,7-8,14,16-17,19,26H,4-6,9-13,15H2,1-2H3,(H,24,27). The molecule has 6 heteroatoms. The Kier molecular flexibility index (Phi) is 7.45.